The molecule has 0 aliphatic carbocycles. The first-order valence-electron chi connectivity index (χ1n) is 12.6. The van der Waals surface area contributed by atoms with Crippen LogP contribution in [0, 0.1) is 13.8 Å². The first-order chi connectivity index (χ1) is 17.5. The predicted octanol–water partition coefficient (Wildman–Crippen LogP) is 4.97. The molecule has 0 unspecified atom stereocenters. The van der Waals surface area contributed by atoms with Gasteiger partial charge in [-0.2, -0.15) is 0 Å². The van der Waals surface area contributed by atoms with Gasteiger partial charge in [0.2, 0.25) is 0 Å². The van der Waals surface area contributed by atoms with Crippen LogP contribution in [-0.4, -0.2) is 60.0 Å². The third-order valence-electron chi connectivity index (χ3n) is 6.38. The minimum atomic E-state index is -0.0382. The fraction of sp³-hybridized carbons (Fsp3) is 0.345. The van der Waals surface area contributed by atoms with Crippen molar-refractivity contribution in [1.29, 1.82) is 0 Å². The van der Waals surface area contributed by atoms with E-state index in [-0.39, 0.29) is 5.91 Å². The standard InChI is InChI=1S/C29H35N5OS/c1-4-30-28(35)26-14-8-12-25(20-26)21-36-29-31-23(3)22(2)27(32-29)34-18-16-33(17-19-34)15-9-13-24-10-6-5-7-11-24/h5-14,20H,4,15-19,21H2,1-3H3,(H,30,35)/b13-9+. The van der Waals surface area contributed by atoms with E-state index >= 15 is 0 Å². The second-order valence-corrected chi connectivity index (χ2v) is 9.93. The minimum absolute atomic E-state index is 0.0382. The molecule has 4 rings (SSSR count). The van der Waals surface area contributed by atoms with Crippen molar-refractivity contribution in [3.63, 3.8) is 0 Å². The Balaban J connectivity index is 1.35. The lowest BCUT2D eigenvalue weighted by atomic mass is 10.1. The number of hydrogen-bond acceptors (Lipinski definition) is 6. The van der Waals surface area contributed by atoms with Gasteiger partial charge in [0.15, 0.2) is 5.16 Å². The molecule has 36 heavy (non-hydrogen) atoms. The van der Waals surface area contributed by atoms with Crippen LogP contribution in [0.4, 0.5) is 5.82 Å². The molecule has 1 fully saturated rings. The number of carbonyl (C=O) groups excluding carboxylic acids is 1. The summed E-state index contributed by atoms with van der Waals surface area (Å²) in [5, 5.41) is 3.64. The van der Waals surface area contributed by atoms with Crippen molar-refractivity contribution in [2.75, 3.05) is 44.2 Å². The van der Waals surface area contributed by atoms with Gasteiger partial charge in [0, 0.05) is 61.8 Å². The highest BCUT2D eigenvalue weighted by Crippen LogP contribution is 2.27. The molecule has 1 N–H and O–H groups in total. The zero-order valence-corrected chi connectivity index (χ0v) is 22.2. The fourth-order valence-corrected chi connectivity index (χ4v) is 5.05. The molecule has 1 aliphatic rings. The number of nitrogens with one attached hydrogen (secondary N) is 1. The molecule has 1 amide bonds. The zero-order valence-electron chi connectivity index (χ0n) is 21.4. The highest BCUT2D eigenvalue weighted by molar-refractivity contribution is 7.98. The third-order valence-corrected chi connectivity index (χ3v) is 7.30. The Morgan fingerprint density at radius 1 is 1.03 bits per heavy atom. The first kappa shape index (κ1) is 25.9. The normalized spacial score (nSPS) is 14.4. The average molecular weight is 502 g/mol. The van der Waals surface area contributed by atoms with Crippen molar-refractivity contribution in [1.82, 2.24) is 20.2 Å². The lowest BCUT2D eigenvalue weighted by Crippen LogP contribution is -2.47. The number of hydrogen-bond donors (Lipinski definition) is 1. The van der Waals surface area contributed by atoms with Crippen LogP contribution in [0.3, 0.4) is 0 Å². The van der Waals surface area contributed by atoms with Crippen molar-refractivity contribution >= 4 is 29.6 Å². The molecule has 6 nitrogen and oxygen atoms in total. The second-order valence-electron chi connectivity index (χ2n) is 8.99. The molecule has 0 atom stereocenters. The minimum Gasteiger partial charge on any atom is -0.354 e. The van der Waals surface area contributed by atoms with Gasteiger partial charge >= 0.3 is 0 Å². The lowest BCUT2D eigenvalue weighted by Gasteiger charge is -2.35. The van der Waals surface area contributed by atoms with Gasteiger partial charge in [-0.25, -0.2) is 9.97 Å². The molecule has 1 aromatic heterocycles. The molecular weight excluding hydrogens is 466 g/mol. The Morgan fingerprint density at radius 2 is 1.81 bits per heavy atom. The second kappa shape index (κ2) is 12.7. The highest BCUT2D eigenvalue weighted by Gasteiger charge is 2.21. The van der Waals surface area contributed by atoms with Crippen LogP contribution in [0.1, 0.15) is 39.7 Å². The van der Waals surface area contributed by atoms with Gasteiger partial charge in [0.25, 0.3) is 5.91 Å². The molecule has 1 saturated heterocycles. The fourth-order valence-electron chi connectivity index (χ4n) is 4.22. The number of anilines is 1. The van der Waals surface area contributed by atoms with Gasteiger partial charge < -0.3 is 10.2 Å². The number of piperazine rings is 1. The molecular formula is C29H35N5OS. The Morgan fingerprint density at radius 3 is 2.56 bits per heavy atom. The number of aryl methyl sites for hydroxylation is 1. The summed E-state index contributed by atoms with van der Waals surface area (Å²) in [6.45, 7) is 11.6. The predicted molar refractivity (Wildman–Crippen MR) is 150 cm³/mol. The summed E-state index contributed by atoms with van der Waals surface area (Å²) in [5.74, 6) is 1.72. The van der Waals surface area contributed by atoms with Gasteiger partial charge in [-0.05, 0) is 44.0 Å². The molecule has 0 bridgehead atoms. The van der Waals surface area contributed by atoms with Crippen LogP contribution in [-0.2, 0) is 5.75 Å². The molecule has 2 heterocycles. The number of benzene rings is 2. The lowest BCUT2D eigenvalue weighted by molar-refractivity contribution is 0.0955. The van der Waals surface area contributed by atoms with Crippen LogP contribution in [0.25, 0.3) is 6.08 Å². The monoisotopic (exact) mass is 501 g/mol. The van der Waals surface area contributed by atoms with E-state index in [4.69, 9.17) is 9.97 Å². The molecule has 0 radical (unpaired) electrons. The number of aromatic nitrogens is 2. The summed E-state index contributed by atoms with van der Waals surface area (Å²) in [5.41, 5.74) is 5.18. The molecule has 0 saturated carbocycles. The van der Waals surface area contributed by atoms with Crippen molar-refractivity contribution in [2.45, 2.75) is 31.7 Å². The van der Waals surface area contributed by atoms with Crippen LogP contribution in [0.15, 0.2) is 65.8 Å². The van der Waals surface area contributed by atoms with Crippen LogP contribution in [0.5, 0.6) is 0 Å². The maximum Gasteiger partial charge on any atom is 0.251 e. The van der Waals surface area contributed by atoms with Crippen molar-refractivity contribution in [2.24, 2.45) is 0 Å². The molecule has 1 aliphatic heterocycles. The summed E-state index contributed by atoms with van der Waals surface area (Å²) in [7, 11) is 0. The van der Waals surface area contributed by atoms with Crippen LogP contribution in [0.2, 0.25) is 0 Å². The van der Waals surface area contributed by atoms with Crippen molar-refractivity contribution < 1.29 is 4.79 Å². The Kier molecular flexibility index (Phi) is 9.14. The molecule has 7 heteroatoms. The average Bonchev–Trinajstić information content (AvgIpc) is 2.91. The van der Waals surface area contributed by atoms with E-state index in [9.17, 15) is 4.79 Å². The summed E-state index contributed by atoms with van der Waals surface area (Å²) >= 11 is 1.62. The van der Waals surface area contributed by atoms with E-state index in [1.165, 1.54) is 5.56 Å². The van der Waals surface area contributed by atoms with E-state index < -0.39 is 0 Å². The Hall–Kier alpha value is -3.16. The zero-order chi connectivity index (χ0) is 25.3. The molecule has 0 spiro atoms. The van der Waals surface area contributed by atoms with Crippen molar-refractivity contribution in [3.8, 4) is 0 Å². The Bertz CT molecular complexity index is 1190. The smallest absolute Gasteiger partial charge is 0.251 e. The van der Waals surface area contributed by atoms with E-state index in [1.54, 1.807) is 11.8 Å². The van der Waals surface area contributed by atoms with Gasteiger partial charge in [-0.3, -0.25) is 9.69 Å². The number of thioether (sulfide) groups is 1. The molecule has 188 valence electrons. The number of nitrogens with zero attached hydrogens (tertiary/aromatic N) is 4. The van der Waals surface area contributed by atoms with Gasteiger partial charge in [0.1, 0.15) is 5.82 Å². The summed E-state index contributed by atoms with van der Waals surface area (Å²) in [6, 6.07) is 18.2. The summed E-state index contributed by atoms with van der Waals surface area (Å²) < 4.78 is 0. The third kappa shape index (κ3) is 6.95. The maximum atomic E-state index is 12.2. The Labute approximate surface area is 218 Å². The largest absolute Gasteiger partial charge is 0.354 e. The SMILES string of the molecule is CCNC(=O)c1cccc(CSc2nc(C)c(C)c(N3CCN(C/C=C/c4ccccc4)CC3)n2)c1. The number of carbonyl (C=O) groups is 1. The molecule has 3 aromatic rings. The number of rotatable bonds is 9. The van der Waals surface area contributed by atoms with Crippen LogP contribution >= 0.6 is 11.8 Å². The molecule has 2 aromatic carbocycles. The van der Waals surface area contributed by atoms with E-state index in [2.05, 4.69) is 65.4 Å². The van der Waals surface area contributed by atoms with Gasteiger partial charge in [-0.1, -0.05) is 66.4 Å². The van der Waals surface area contributed by atoms with Crippen LogP contribution < -0.4 is 10.2 Å². The van der Waals surface area contributed by atoms with E-state index in [0.717, 1.165) is 66.3 Å². The summed E-state index contributed by atoms with van der Waals surface area (Å²) in [4.78, 5) is 26.7. The van der Waals surface area contributed by atoms with Gasteiger partial charge in [0.05, 0.1) is 0 Å². The summed E-state index contributed by atoms with van der Waals surface area (Å²) in [6.07, 6.45) is 4.44. The van der Waals surface area contributed by atoms with Gasteiger partial charge in [-0.15, -0.1) is 0 Å². The highest BCUT2D eigenvalue weighted by atomic mass is 32.2. The van der Waals surface area contributed by atoms with E-state index in [1.807, 2.05) is 37.3 Å². The van der Waals surface area contributed by atoms with Crippen molar-refractivity contribution in [3.05, 3.63) is 88.6 Å². The van der Waals surface area contributed by atoms with E-state index in [0.29, 0.717) is 12.1 Å². The number of amides is 1. The quantitative estimate of drug-likeness (QED) is 0.330. The maximum absolute atomic E-state index is 12.2. The first-order valence-corrected chi connectivity index (χ1v) is 13.6. The topological polar surface area (TPSA) is 61.4 Å².